The standard InChI is InChI=1S/C17H15Cl2N5O2S2/c1-2-6-24-14(9-26-13-4-3-11(18)8-12(13)19)22-23-17(24)28-10-15(25)21-16-20-5-7-27-16/h2-5,7-8H,1,6,9-10H2,(H,20,21,25). The first-order valence-electron chi connectivity index (χ1n) is 7.99. The quantitative estimate of drug-likeness (QED) is 0.376. The molecular formula is C17H15Cl2N5O2S2. The molecule has 0 fully saturated rings. The monoisotopic (exact) mass is 455 g/mol. The molecule has 2 heterocycles. The van der Waals surface area contributed by atoms with Crippen LogP contribution in [0.25, 0.3) is 0 Å². The summed E-state index contributed by atoms with van der Waals surface area (Å²) in [5.74, 6) is 1.10. The lowest BCUT2D eigenvalue weighted by atomic mass is 10.3. The topological polar surface area (TPSA) is 81.9 Å². The number of thioether (sulfide) groups is 1. The molecule has 0 atom stereocenters. The van der Waals surface area contributed by atoms with Crippen molar-refractivity contribution in [1.82, 2.24) is 19.7 Å². The molecule has 1 aromatic carbocycles. The molecule has 28 heavy (non-hydrogen) atoms. The third kappa shape index (κ3) is 5.48. The lowest BCUT2D eigenvalue weighted by Crippen LogP contribution is -2.14. The van der Waals surface area contributed by atoms with E-state index < -0.39 is 0 Å². The summed E-state index contributed by atoms with van der Waals surface area (Å²) in [7, 11) is 0. The molecule has 0 aliphatic carbocycles. The van der Waals surface area contributed by atoms with Crippen LogP contribution < -0.4 is 10.1 Å². The van der Waals surface area contributed by atoms with Crippen molar-refractivity contribution in [2.75, 3.05) is 11.1 Å². The van der Waals surface area contributed by atoms with E-state index >= 15 is 0 Å². The summed E-state index contributed by atoms with van der Waals surface area (Å²) in [5, 5.41) is 14.9. The van der Waals surface area contributed by atoms with Gasteiger partial charge in [0.25, 0.3) is 0 Å². The minimum atomic E-state index is -0.168. The molecule has 1 amide bonds. The van der Waals surface area contributed by atoms with E-state index in [-0.39, 0.29) is 18.3 Å². The summed E-state index contributed by atoms with van der Waals surface area (Å²) >= 11 is 14.6. The molecule has 0 saturated heterocycles. The van der Waals surface area contributed by atoms with Crippen molar-refractivity contribution in [1.29, 1.82) is 0 Å². The summed E-state index contributed by atoms with van der Waals surface area (Å²) in [6.07, 6.45) is 3.36. The van der Waals surface area contributed by atoms with Crippen LogP contribution in [0.3, 0.4) is 0 Å². The van der Waals surface area contributed by atoms with E-state index in [0.29, 0.717) is 38.5 Å². The molecule has 0 spiro atoms. The maximum absolute atomic E-state index is 12.0. The Hall–Kier alpha value is -2.07. The second kappa shape index (κ2) is 9.92. The number of ether oxygens (including phenoxy) is 1. The first-order chi connectivity index (χ1) is 13.6. The number of hydrogen-bond acceptors (Lipinski definition) is 7. The molecular weight excluding hydrogens is 441 g/mol. The third-order valence-corrected chi connectivity index (χ3v) is 5.55. The predicted octanol–water partition coefficient (Wildman–Crippen LogP) is 4.54. The summed E-state index contributed by atoms with van der Waals surface area (Å²) in [6, 6.07) is 4.99. The number of allylic oxidation sites excluding steroid dienone is 1. The Labute approximate surface area is 179 Å². The molecule has 7 nitrogen and oxygen atoms in total. The van der Waals surface area contributed by atoms with Crippen molar-refractivity contribution in [3.8, 4) is 5.75 Å². The van der Waals surface area contributed by atoms with E-state index in [9.17, 15) is 4.79 Å². The number of benzene rings is 1. The van der Waals surface area contributed by atoms with Gasteiger partial charge in [0.2, 0.25) is 5.91 Å². The summed E-state index contributed by atoms with van der Waals surface area (Å²) in [5.41, 5.74) is 0. The fourth-order valence-corrected chi connectivity index (χ4v) is 3.92. The van der Waals surface area contributed by atoms with E-state index in [1.807, 2.05) is 4.57 Å². The molecule has 3 aromatic rings. The van der Waals surface area contributed by atoms with Gasteiger partial charge in [-0.1, -0.05) is 41.0 Å². The SMILES string of the molecule is C=CCn1c(COc2ccc(Cl)cc2Cl)nnc1SCC(=O)Nc1nccs1. The van der Waals surface area contributed by atoms with Crippen LogP contribution in [-0.2, 0) is 17.9 Å². The molecule has 3 rings (SSSR count). The Bertz CT molecular complexity index is 963. The number of nitrogens with zero attached hydrogens (tertiary/aromatic N) is 4. The van der Waals surface area contributed by atoms with Gasteiger partial charge in [0.1, 0.15) is 12.4 Å². The van der Waals surface area contributed by atoms with Crippen molar-refractivity contribution in [3.63, 3.8) is 0 Å². The Kier molecular flexibility index (Phi) is 7.32. The van der Waals surface area contributed by atoms with Gasteiger partial charge in [-0.3, -0.25) is 9.36 Å². The van der Waals surface area contributed by atoms with Crippen molar-refractivity contribution >= 4 is 57.3 Å². The Balaban J connectivity index is 1.63. The highest BCUT2D eigenvalue weighted by atomic mass is 35.5. The number of halogens is 2. The lowest BCUT2D eigenvalue weighted by Gasteiger charge is -2.10. The van der Waals surface area contributed by atoms with Gasteiger partial charge in [0.15, 0.2) is 16.1 Å². The van der Waals surface area contributed by atoms with Crippen molar-refractivity contribution in [2.45, 2.75) is 18.3 Å². The maximum Gasteiger partial charge on any atom is 0.236 e. The molecule has 1 N–H and O–H groups in total. The van der Waals surface area contributed by atoms with E-state index in [4.69, 9.17) is 27.9 Å². The number of carbonyl (C=O) groups is 1. The zero-order valence-corrected chi connectivity index (χ0v) is 17.6. The fourth-order valence-electron chi connectivity index (χ4n) is 2.15. The normalized spacial score (nSPS) is 10.6. The van der Waals surface area contributed by atoms with Crippen LogP contribution in [0.2, 0.25) is 10.0 Å². The second-order valence-corrected chi connectivity index (χ2v) is 8.02. The Morgan fingerprint density at radius 3 is 2.96 bits per heavy atom. The highest BCUT2D eigenvalue weighted by molar-refractivity contribution is 7.99. The number of hydrogen-bond donors (Lipinski definition) is 1. The van der Waals surface area contributed by atoms with E-state index in [0.717, 1.165) is 0 Å². The second-order valence-electron chi connectivity index (χ2n) is 5.34. The molecule has 0 unspecified atom stereocenters. The average Bonchev–Trinajstić information content (AvgIpc) is 3.30. The maximum atomic E-state index is 12.0. The van der Waals surface area contributed by atoms with Crippen molar-refractivity contribution in [3.05, 3.63) is 58.3 Å². The number of nitrogens with one attached hydrogen (secondary N) is 1. The van der Waals surface area contributed by atoms with Gasteiger partial charge in [-0.05, 0) is 18.2 Å². The number of rotatable bonds is 9. The minimum absolute atomic E-state index is 0.161. The molecule has 146 valence electrons. The molecule has 0 bridgehead atoms. The number of amides is 1. The first kappa shape index (κ1) is 20.7. The van der Waals surface area contributed by atoms with Gasteiger partial charge >= 0.3 is 0 Å². The zero-order chi connectivity index (χ0) is 19.9. The lowest BCUT2D eigenvalue weighted by molar-refractivity contribution is -0.113. The molecule has 0 aliphatic heterocycles. The molecule has 0 saturated carbocycles. The van der Waals surface area contributed by atoms with Crippen molar-refractivity contribution < 1.29 is 9.53 Å². The van der Waals surface area contributed by atoms with Gasteiger partial charge in [0, 0.05) is 23.1 Å². The average molecular weight is 456 g/mol. The Morgan fingerprint density at radius 1 is 1.39 bits per heavy atom. The number of anilines is 1. The highest BCUT2D eigenvalue weighted by Crippen LogP contribution is 2.28. The molecule has 0 aliphatic rings. The van der Waals surface area contributed by atoms with Crippen LogP contribution in [0, 0.1) is 0 Å². The van der Waals surface area contributed by atoms with E-state index in [1.54, 1.807) is 35.9 Å². The number of aromatic nitrogens is 4. The smallest absolute Gasteiger partial charge is 0.236 e. The van der Waals surface area contributed by atoms with Gasteiger partial charge in [0.05, 0.1) is 10.8 Å². The van der Waals surface area contributed by atoms with Gasteiger partial charge < -0.3 is 10.1 Å². The van der Waals surface area contributed by atoms with Gasteiger partial charge in [-0.2, -0.15) is 0 Å². The summed E-state index contributed by atoms with van der Waals surface area (Å²) in [6.45, 7) is 4.40. The van der Waals surface area contributed by atoms with E-state index in [1.165, 1.54) is 23.1 Å². The van der Waals surface area contributed by atoms with Crippen LogP contribution in [0.5, 0.6) is 5.75 Å². The van der Waals surface area contributed by atoms with Gasteiger partial charge in [-0.15, -0.1) is 28.1 Å². The minimum Gasteiger partial charge on any atom is -0.484 e. The van der Waals surface area contributed by atoms with Crippen LogP contribution >= 0.6 is 46.3 Å². The van der Waals surface area contributed by atoms with Crippen LogP contribution in [-0.4, -0.2) is 31.4 Å². The van der Waals surface area contributed by atoms with Crippen LogP contribution in [0.1, 0.15) is 5.82 Å². The van der Waals surface area contributed by atoms with Gasteiger partial charge in [-0.25, -0.2) is 4.98 Å². The number of thiazole rings is 1. The van der Waals surface area contributed by atoms with Crippen LogP contribution in [0.4, 0.5) is 5.13 Å². The van der Waals surface area contributed by atoms with E-state index in [2.05, 4.69) is 27.1 Å². The molecule has 0 radical (unpaired) electrons. The largest absolute Gasteiger partial charge is 0.484 e. The number of carbonyl (C=O) groups excluding carboxylic acids is 1. The zero-order valence-electron chi connectivity index (χ0n) is 14.5. The molecule has 11 heteroatoms. The van der Waals surface area contributed by atoms with Crippen LogP contribution in [0.15, 0.2) is 47.6 Å². The molecule has 2 aromatic heterocycles. The Morgan fingerprint density at radius 2 is 2.25 bits per heavy atom. The highest BCUT2D eigenvalue weighted by Gasteiger charge is 2.15. The third-order valence-electron chi connectivity index (χ3n) is 3.37. The predicted molar refractivity (Wildman–Crippen MR) is 112 cm³/mol. The fraction of sp³-hybridized carbons (Fsp3) is 0.176. The summed E-state index contributed by atoms with van der Waals surface area (Å²) < 4.78 is 7.56. The summed E-state index contributed by atoms with van der Waals surface area (Å²) in [4.78, 5) is 16.1. The first-order valence-corrected chi connectivity index (χ1v) is 10.6. The van der Waals surface area contributed by atoms with Crippen molar-refractivity contribution in [2.24, 2.45) is 0 Å².